The van der Waals surface area contributed by atoms with Gasteiger partial charge in [0.2, 0.25) is 0 Å². The highest BCUT2D eigenvalue weighted by atomic mass is 32.2. The Morgan fingerprint density at radius 2 is 1.89 bits per heavy atom. The second kappa shape index (κ2) is 7.06. The SMILES string of the molecule is CCOC(=O)NS(=O)(=O)N(C)C1CCC(NC)CC1. The monoisotopic (exact) mass is 293 g/mol. The third-order valence-electron chi connectivity index (χ3n) is 3.49. The lowest BCUT2D eigenvalue weighted by atomic mass is 9.91. The maximum atomic E-state index is 12.0. The molecule has 19 heavy (non-hydrogen) atoms. The first kappa shape index (κ1) is 16.2. The van der Waals surface area contributed by atoms with Crippen molar-refractivity contribution in [1.29, 1.82) is 0 Å². The van der Waals surface area contributed by atoms with Gasteiger partial charge in [0, 0.05) is 19.1 Å². The van der Waals surface area contributed by atoms with E-state index in [-0.39, 0.29) is 12.6 Å². The number of ether oxygens (including phenoxy) is 1. The van der Waals surface area contributed by atoms with E-state index in [1.54, 1.807) is 6.92 Å². The van der Waals surface area contributed by atoms with Crippen molar-refractivity contribution in [3.8, 4) is 0 Å². The molecule has 1 fully saturated rings. The fraction of sp³-hybridized carbons (Fsp3) is 0.909. The molecule has 1 saturated carbocycles. The van der Waals surface area contributed by atoms with Crippen molar-refractivity contribution in [3.05, 3.63) is 0 Å². The van der Waals surface area contributed by atoms with Crippen LogP contribution in [-0.2, 0) is 14.9 Å². The normalized spacial score (nSPS) is 24.2. The van der Waals surface area contributed by atoms with Crippen LogP contribution in [0, 0.1) is 0 Å². The van der Waals surface area contributed by atoms with Crippen LogP contribution in [0.25, 0.3) is 0 Å². The second-order valence-electron chi connectivity index (χ2n) is 4.64. The van der Waals surface area contributed by atoms with Gasteiger partial charge >= 0.3 is 16.3 Å². The highest BCUT2D eigenvalue weighted by molar-refractivity contribution is 7.87. The van der Waals surface area contributed by atoms with Crippen molar-refractivity contribution < 1.29 is 17.9 Å². The lowest BCUT2D eigenvalue weighted by Gasteiger charge is -2.33. The zero-order chi connectivity index (χ0) is 14.5. The van der Waals surface area contributed by atoms with Crippen molar-refractivity contribution in [1.82, 2.24) is 14.3 Å². The lowest BCUT2D eigenvalue weighted by molar-refractivity contribution is 0.157. The third-order valence-corrected chi connectivity index (χ3v) is 4.97. The Labute approximate surface area is 114 Å². The summed E-state index contributed by atoms with van der Waals surface area (Å²) >= 11 is 0. The molecule has 7 nitrogen and oxygen atoms in total. The molecule has 0 heterocycles. The molecular formula is C11H23N3O4S. The van der Waals surface area contributed by atoms with Crippen LogP contribution in [0.2, 0.25) is 0 Å². The summed E-state index contributed by atoms with van der Waals surface area (Å²) in [6.45, 7) is 1.76. The minimum Gasteiger partial charge on any atom is -0.449 e. The molecule has 1 rings (SSSR count). The van der Waals surface area contributed by atoms with Gasteiger partial charge in [-0.05, 0) is 39.7 Å². The maximum Gasteiger partial charge on any atom is 0.421 e. The first-order valence-electron chi connectivity index (χ1n) is 6.50. The van der Waals surface area contributed by atoms with Crippen molar-refractivity contribution in [3.63, 3.8) is 0 Å². The fourth-order valence-corrected chi connectivity index (χ4v) is 3.28. The average molecular weight is 293 g/mol. The number of carbonyl (C=O) groups is 1. The molecule has 1 aliphatic carbocycles. The predicted molar refractivity (Wildman–Crippen MR) is 71.9 cm³/mol. The number of rotatable bonds is 5. The minimum atomic E-state index is -3.82. The van der Waals surface area contributed by atoms with Gasteiger partial charge in [0.25, 0.3) is 0 Å². The van der Waals surface area contributed by atoms with Gasteiger partial charge in [-0.15, -0.1) is 0 Å². The molecule has 0 saturated heterocycles. The molecule has 0 aliphatic heterocycles. The van der Waals surface area contributed by atoms with Gasteiger partial charge in [0.1, 0.15) is 0 Å². The summed E-state index contributed by atoms with van der Waals surface area (Å²) in [5.74, 6) is 0. The van der Waals surface area contributed by atoms with Gasteiger partial charge in [-0.2, -0.15) is 12.7 Å². The maximum absolute atomic E-state index is 12.0. The van der Waals surface area contributed by atoms with E-state index in [9.17, 15) is 13.2 Å². The van der Waals surface area contributed by atoms with Gasteiger partial charge in [-0.3, -0.25) is 0 Å². The molecule has 0 unspecified atom stereocenters. The molecule has 0 spiro atoms. The molecule has 0 radical (unpaired) electrons. The largest absolute Gasteiger partial charge is 0.449 e. The van der Waals surface area contributed by atoms with Gasteiger partial charge in [-0.25, -0.2) is 9.52 Å². The van der Waals surface area contributed by atoms with Crippen LogP contribution in [0.5, 0.6) is 0 Å². The Morgan fingerprint density at radius 1 is 1.32 bits per heavy atom. The van der Waals surface area contributed by atoms with E-state index in [1.807, 2.05) is 11.8 Å². The number of nitrogens with zero attached hydrogens (tertiary/aromatic N) is 1. The number of amides is 1. The Morgan fingerprint density at radius 3 is 2.37 bits per heavy atom. The molecule has 1 amide bonds. The second-order valence-corrected chi connectivity index (χ2v) is 6.37. The molecule has 0 aromatic heterocycles. The summed E-state index contributed by atoms with van der Waals surface area (Å²) in [7, 11) is -0.415. The van der Waals surface area contributed by atoms with E-state index in [0.29, 0.717) is 6.04 Å². The topological polar surface area (TPSA) is 87.7 Å². The quantitative estimate of drug-likeness (QED) is 0.768. The molecule has 0 aromatic carbocycles. The number of hydrogen-bond donors (Lipinski definition) is 2. The molecular weight excluding hydrogens is 270 g/mol. The molecule has 1 aliphatic rings. The van der Waals surface area contributed by atoms with E-state index >= 15 is 0 Å². The van der Waals surface area contributed by atoms with Crippen molar-refractivity contribution in [2.75, 3.05) is 20.7 Å². The summed E-state index contributed by atoms with van der Waals surface area (Å²) in [6.07, 6.45) is 2.50. The number of nitrogens with one attached hydrogen (secondary N) is 2. The van der Waals surface area contributed by atoms with E-state index in [2.05, 4.69) is 10.1 Å². The summed E-state index contributed by atoms with van der Waals surface area (Å²) in [6, 6.07) is 0.377. The van der Waals surface area contributed by atoms with E-state index in [0.717, 1.165) is 25.7 Å². The zero-order valence-corrected chi connectivity index (χ0v) is 12.5. The first-order valence-corrected chi connectivity index (χ1v) is 7.94. The van der Waals surface area contributed by atoms with Crippen molar-refractivity contribution in [2.45, 2.75) is 44.7 Å². The molecule has 0 atom stereocenters. The first-order chi connectivity index (χ1) is 8.90. The molecule has 112 valence electrons. The molecule has 2 N–H and O–H groups in total. The summed E-state index contributed by atoms with van der Waals surface area (Å²) < 4.78 is 31.6. The smallest absolute Gasteiger partial charge is 0.421 e. The predicted octanol–water partition coefficient (Wildman–Crippen LogP) is 0.440. The van der Waals surface area contributed by atoms with E-state index in [1.165, 1.54) is 11.4 Å². The fourth-order valence-electron chi connectivity index (χ4n) is 2.26. The highest BCUT2D eigenvalue weighted by Crippen LogP contribution is 2.23. The van der Waals surface area contributed by atoms with Gasteiger partial charge in [0.05, 0.1) is 6.61 Å². The molecule has 0 bridgehead atoms. The third kappa shape index (κ3) is 4.63. The van der Waals surface area contributed by atoms with E-state index < -0.39 is 16.3 Å². The minimum absolute atomic E-state index is 0.0727. The molecule has 0 aromatic rings. The van der Waals surface area contributed by atoms with Crippen LogP contribution >= 0.6 is 0 Å². The average Bonchev–Trinajstić information content (AvgIpc) is 2.37. The van der Waals surface area contributed by atoms with Gasteiger partial charge in [-0.1, -0.05) is 0 Å². The Bertz CT molecular complexity index is 391. The van der Waals surface area contributed by atoms with Crippen LogP contribution in [-0.4, -0.2) is 51.6 Å². The number of carbonyl (C=O) groups excluding carboxylic acids is 1. The zero-order valence-electron chi connectivity index (χ0n) is 11.7. The summed E-state index contributed by atoms with van der Waals surface area (Å²) in [5, 5.41) is 3.19. The van der Waals surface area contributed by atoms with Gasteiger partial charge < -0.3 is 10.1 Å². The summed E-state index contributed by atoms with van der Waals surface area (Å²) in [4.78, 5) is 11.2. The molecule has 8 heteroatoms. The van der Waals surface area contributed by atoms with Crippen LogP contribution in [0.4, 0.5) is 4.79 Å². The van der Waals surface area contributed by atoms with Crippen LogP contribution in [0.3, 0.4) is 0 Å². The van der Waals surface area contributed by atoms with Crippen LogP contribution in [0.15, 0.2) is 0 Å². The highest BCUT2D eigenvalue weighted by Gasteiger charge is 2.31. The lowest BCUT2D eigenvalue weighted by Crippen LogP contribution is -2.48. The van der Waals surface area contributed by atoms with Gasteiger partial charge in [0.15, 0.2) is 0 Å². The van der Waals surface area contributed by atoms with Crippen molar-refractivity contribution >= 4 is 16.3 Å². The Kier molecular flexibility index (Phi) is 6.02. The van der Waals surface area contributed by atoms with E-state index in [4.69, 9.17) is 0 Å². The standard InChI is InChI=1S/C11H23N3O4S/c1-4-18-11(15)13-19(16,17)14(3)10-7-5-9(12-2)6-8-10/h9-10,12H,4-8H2,1-3H3,(H,13,15). The van der Waals surface area contributed by atoms with Crippen LogP contribution in [0.1, 0.15) is 32.6 Å². The Hall–Kier alpha value is -0.860. The van der Waals surface area contributed by atoms with Crippen LogP contribution < -0.4 is 10.0 Å². The van der Waals surface area contributed by atoms with Crippen molar-refractivity contribution in [2.24, 2.45) is 0 Å². The Balaban J connectivity index is 2.56. The summed E-state index contributed by atoms with van der Waals surface area (Å²) in [5.41, 5.74) is 0. The number of hydrogen-bond acceptors (Lipinski definition) is 5.